The molecule has 1 aliphatic heterocycles. The fraction of sp³-hybridized carbons (Fsp3) is 0.350. The van der Waals surface area contributed by atoms with Crippen molar-refractivity contribution in [3.63, 3.8) is 0 Å². The number of nitrogens with zero attached hydrogens (tertiary/aromatic N) is 2. The van der Waals surface area contributed by atoms with Gasteiger partial charge < -0.3 is 10.2 Å². The molecule has 1 N–H and O–H groups in total. The van der Waals surface area contributed by atoms with Crippen LogP contribution < -0.4 is 5.32 Å². The van der Waals surface area contributed by atoms with E-state index in [0.717, 1.165) is 12.1 Å². The lowest BCUT2D eigenvalue weighted by atomic mass is 9.96. The highest BCUT2D eigenvalue weighted by atomic mass is 19.4. The molecule has 0 radical (unpaired) electrons. The van der Waals surface area contributed by atoms with Gasteiger partial charge in [-0.1, -0.05) is 18.2 Å². The van der Waals surface area contributed by atoms with Crippen LogP contribution in [0, 0.1) is 16.0 Å². The highest BCUT2D eigenvalue weighted by Gasteiger charge is 2.35. The van der Waals surface area contributed by atoms with Crippen LogP contribution in [0.3, 0.4) is 0 Å². The van der Waals surface area contributed by atoms with E-state index in [1.165, 1.54) is 0 Å². The van der Waals surface area contributed by atoms with E-state index in [0.29, 0.717) is 44.1 Å². The zero-order chi connectivity index (χ0) is 21.0. The summed E-state index contributed by atoms with van der Waals surface area (Å²) in [5, 5.41) is 13.6. The number of piperidine rings is 1. The van der Waals surface area contributed by atoms with Crippen LogP contribution in [0.4, 0.5) is 24.5 Å². The Balaban J connectivity index is 1.59. The number of nitro groups is 1. The first-order valence-corrected chi connectivity index (χ1v) is 9.19. The molecule has 0 unspecified atom stereocenters. The molecule has 0 saturated carbocycles. The van der Waals surface area contributed by atoms with Gasteiger partial charge in [-0.2, -0.15) is 13.2 Å². The molecule has 0 atom stereocenters. The van der Waals surface area contributed by atoms with Gasteiger partial charge in [-0.05, 0) is 37.0 Å². The van der Waals surface area contributed by atoms with Crippen molar-refractivity contribution >= 4 is 17.3 Å². The summed E-state index contributed by atoms with van der Waals surface area (Å²) in [5.74, 6) is 0.0536. The number of anilines is 1. The number of likely N-dealkylation sites (tertiary alicyclic amines) is 1. The van der Waals surface area contributed by atoms with E-state index < -0.39 is 22.4 Å². The first-order valence-electron chi connectivity index (χ1n) is 9.19. The van der Waals surface area contributed by atoms with Crippen molar-refractivity contribution in [3.8, 4) is 0 Å². The number of carbonyl (C=O) groups excluding carboxylic acids is 1. The summed E-state index contributed by atoms with van der Waals surface area (Å²) in [6.45, 7) is 1.37. The molecule has 1 saturated heterocycles. The van der Waals surface area contributed by atoms with Crippen molar-refractivity contribution in [1.29, 1.82) is 0 Å². The molecule has 0 aliphatic carbocycles. The van der Waals surface area contributed by atoms with E-state index >= 15 is 0 Å². The first kappa shape index (κ1) is 20.6. The third-order valence-corrected chi connectivity index (χ3v) is 5.02. The molecule has 9 heteroatoms. The van der Waals surface area contributed by atoms with Crippen LogP contribution in [0.1, 0.15) is 28.8 Å². The van der Waals surface area contributed by atoms with E-state index in [-0.39, 0.29) is 17.5 Å². The Morgan fingerprint density at radius 2 is 1.79 bits per heavy atom. The molecule has 1 amide bonds. The molecule has 29 heavy (non-hydrogen) atoms. The standard InChI is InChI=1S/C20H20F3N3O3/c21-20(22,23)17-12-16(26(28)29)6-7-18(17)24-13-14-8-10-25(11-9-14)19(27)15-4-2-1-3-5-15/h1-7,12,14,24H,8-11,13H2. The number of amides is 1. The largest absolute Gasteiger partial charge is 0.418 e. The molecule has 0 spiro atoms. The smallest absolute Gasteiger partial charge is 0.384 e. The summed E-state index contributed by atoms with van der Waals surface area (Å²) in [7, 11) is 0. The predicted octanol–water partition coefficient (Wildman–Crippen LogP) is 4.58. The Kier molecular flexibility index (Phi) is 6.05. The lowest BCUT2D eigenvalue weighted by Gasteiger charge is -2.32. The summed E-state index contributed by atoms with van der Waals surface area (Å²) in [6.07, 6.45) is -3.36. The van der Waals surface area contributed by atoms with Crippen LogP contribution in [0.2, 0.25) is 0 Å². The first-order chi connectivity index (χ1) is 13.8. The number of non-ortho nitro benzene ring substituents is 1. The second-order valence-corrected chi connectivity index (χ2v) is 6.97. The second-order valence-electron chi connectivity index (χ2n) is 6.97. The molecule has 1 heterocycles. The summed E-state index contributed by atoms with van der Waals surface area (Å²) in [5.41, 5.74) is -1.21. The second kappa shape index (κ2) is 8.50. The maximum absolute atomic E-state index is 13.3. The van der Waals surface area contributed by atoms with E-state index in [4.69, 9.17) is 0 Å². The fourth-order valence-corrected chi connectivity index (χ4v) is 3.39. The fourth-order valence-electron chi connectivity index (χ4n) is 3.39. The SMILES string of the molecule is O=C(c1ccccc1)N1CCC(CNc2ccc([N+](=O)[O-])cc2C(F)(F)F)CC1. The normalized spacial score (nSPS) is 15.2. The number of nitro benzene ring substituents is 1. The molecule has 1 aliphatic rings. The van der Waals surface area contributed by atoms with Crippen LogP contribution in [0.25, 0.3) is 0 Å². The van der Waals surface area contributed by atoms with Crippen molar-refractivity contribution in [2.24, 2.45) is 5.92 Å². The van der Waals surface area contributed by atoms with Crippen molar-refractivity contribution in [3.05, 3.63) is 69.8 Å². The van der Waals surface area contributed by atoms with Gasteiger partial charge in [0.2, 0.25) is 0 Å². The average Bonchev–Trinajstić information content (AvgIpc) is 2.72. The minimum Gasteiger partial charge on any atom is -0.384 e. The zero-order valence-electron chi connectivity index (χ0n) is 15.5. The van der Waals surface area contributed by atoms with Gasteiger partial charge in [-0.3, -0.25) is 14.9 Å². The number of hydrogen-bond acceptors (Lipinski definition) is 4. The quantitative estimate of drug-likeness (QED) is 0.582. The van der Waals surface area contributed by atoms with Crippen LogP contribution in [-0.2, 0) is 6.18 Å². The number of nitrogens with one attached hydrogen (secondary N) is 1. The summed E-state index contributed by atoms with van der Waals surface area (Å²) >= 11 is 0. The van der Waals surface area contributed by atoms with Gasteiger partial charge in [0.15, 0.2) is 0 Å². The summed E-state index contributed by atoms with van der Waals surface area (Å²) in [4.78, 5) is 24.1. The molecule has 2 aromatic rings. The highest BCUT2D eigenvalue weighted by molar-refractivity contribution is 5.94. The Morgan fingerprint density at radius 3 is 2.38 bits per heavy atom. The molecular weight excluding hydrogens is 387 g/mol. The Hall–Kier alpha value is -3.10. The Bertz CT molecular complexity index is 880. The molecule has 6 nitrogen and oxygen atoms in total. The lowest BCUT2D eigenvalue weighted by Crippen LogP contribution is -2.39. The monoisotopic (exact) mass is 407 g/mol. The third kappa shape index (κ3) is 5.04. The minimum absolute atomic E-state index is 0.0493. The maximum atomic E-state index is 13.3. The number of halogens is 3. The highest BCUT2D eigenvalue weighted by Crippen LogP contribution is 2.37. The predicted molar refractivity (Wildman–Crippen MR) is 102 cm³/mol. The minimum atomic E-state index is -4.69. The van der Waals surface area contributed by atoms with Crippen LogP contribution in [0.15, 0.2) is 48.5 Å². The van der Waals surface area contributed by atoms with Crippen LogP contribution in [-0.4, -0.2) is 35.4 Å². The van der Waals surface area contributed by atoms with E-state index in [9.17, 15) is 28.1 Å². The average molecular weight is 407 g/mol. The molecule has 0 bridgehead atoms. The van der Waals surface area contributed by atoms with E-state index in [1.54, 1.807) is 29.2 Å². The van der Waals surface area contributed by atoms with E-state index in [2.05, 4.69) is 5.32 Å². The van der Waals surface area contributed by atoms with Gasteiger partial charge in [0, 0.05) is 43.0 Å². The van der Waals surface area contributed by atoms with E-state index in [1.807, 2.05) is 6.07 Å². The maximum Gasteiger partial charge on any atom is 0.418 e. The summed E-state index contributed by atoms with van der Waals surface area (Å²) < 4.78 is 39.8. The molecule has 1 fully saturated rings. The molecule has 154 valence electrons. The number of hydrogen-bond donors (Lipinski definition) is 1. The van der Waals surface area contributed by atoms with Crippen LogP contribution >= 0.6 is 0 Å². The van der Waals surface area contributed by atoms with Gasteiger partial charge in [-0.15, -0.1) is 0 Å². The summed E-state index contributed by atoms with van der Waals surface area (Å²) in [6, 6.07) is 11.6. The van der Waals surface area contributed by atoms with Crippen molar-refractivity contribution in [2.75, 3.05) is 25.0 Å². The van der Waals surface area contributed by atoms with Crippen molar-refractivity contribution < 1.29 is 22.9 Å². The van der Waals surface area contributed by atoms with Crippen LogP contribution in [0.5, 0.6) is 0 Å². The molecule has 3 rings (SSSR count). The zero-order valence-corrected chi connectivity index (χ0v) is 15.5. The number of alkyl halides is 3. The Morgan fingerprint density at radius 1 is 1.14 bits per heavy atom. The molecule has 0 aromatic heterocycles. The topological polar surface area (TPSA) is 75.5 Å². The molecule has 2 aromatic carbocycles. The van der Waals surface area contributed by atoms with Gasteiger partial charge in [0.05, 0.1) is 10.5 Å². The Labute approximate surface area is 165 Å². The van der Waals surface area contributed by atoms with Gasteiger partial charge in [0.25, 0.3) is 11.6 Å². The van der Waals surface area contributed by atoms with Gasteiger partial charge in [0.1, 0.15) is 0 Å². The number of rotatable bonds is 5. The van der Waals surface area contributed by atoms with Gasteiger partial charge >= 0.3 is 6.18 Å². The third-order valence-electron chi connectivity index (χ3n) is 5.02. The number of carbonyl (C=O) groups is 1. The lowest BCUT2D eigenvalue weighted by molar-refractivity contribution is -0.385. The molecular formula is C20H20F3N3O3. The van der Waals surface area contributed by atoms with Gasteiger partial charge in [-0.25, -0.2) is 0 Å². The van der Waals surface area contributed by atoms with Crippen molar-refractivity contribution in [1.82, 2.24) is 4.90 Å². The number of benzene rings is 2. The van der Waals surface area contributed by atoms with Crippen molar-refractivity contribution in [2.45, 2.75) is 19.0 Å².